The molecule has 0 saturated carbocycles. The van der Waals surface area contributed by atoms with Gasteiger partial charge in [0.05, 0.1) is 5.69 Å². The molecule has 60 heavy (non-hydrogen) atoms. The quantitative estimate of drug-likeness (QED) is 0.163. The van der Waals surface area contributed by atoms with Crippen molar-refractivity contribution in [2.24, 2.45) is 0 Å². The second-order valence-electron chi connectivity index (χ2n) is 15.5. The maximum absolute atomic E-state index is 2.36. The first-order chi connectivity index (χ1) is 29.5. The fraction of sp³-hybridized carbons (Fsp3) is 0.0847. The predicted molar refractivity (Wildman–Crippen MR) is 260 cm³/mol. The van der Waals surface area contributed by atoms with E-state index in [9.17, 15) is 0 Å². The lowest BCUT2D eigenvalue weighted by Crippen LogP contribution is -2.10. The highest BCUT2D eigenvalue weighted by Gasteiger charge is 2.16. The fourth-order valence-corrected chi connectivity index (χ4v) is 7.77. The van der Waals surface area contributed by atoms with E-state index in [2.05, 4.69) is 256 Å². The summed E-state index contributed by atoms with van der Waals surface area (Å²) < 4.78 is 0. The number of hydrogen-bond donors (Lipinski definition) is 0. The smallest absolute Gasteiger partial charge is 0.0540 e. The van der Waals surface area contributed by atoms with Gasteiger partial charge in [0.1, 0.15) is 0 Å². The summed E-state index contributed by atoms with van der Waals surface area (Å²) in [6, 6.07) is 75.7. The van der Waals surface area contributed by atoms with Crippen LogP contribution >= 0.6 is 0 Å². The molecule has 1 heteroatoms. The zero-order valence-electron chi connectivity index (χ0n) is 34.8. The van der Waals surface area contributed by atoms with Crippen molar-refractivity contribution in [3.05, 3.63) is 253 Å². The van der Waals surface area contributed by atoms with Crippen LogP contribution in [0.5, 0.6) is 0 Å². The van der Waals surface area contributed by atoms with Crippen molar-refractivity contribution in [3.63, 3.8) is 0 Å². The van der Waals surface area contributed by atoms with Crippen molar-refractivity contribution < 1.29 is 0 Å². The lowest BCUT2D eigenvalue weighted by Gasteiger charge is -2.27. The maximum atomic E-state index is 2.36. The van der Waals surface area contributed by atoms with Crippen LogP contribution in [-0.2, 0) is 0 Å². The predicted octanol–water partition coefficient (Wildman–Crippen LogP) is 16.8. The minimum Gasteiger partial charge on any atom is -0.310 e. The number of benzene rings is 9. The van der Waals surface area contributed by atoms with Crippen LogP contribution in [0.15, 0.2) is 231 Å². The van der Waals surface area contributed by atoms with E-state index in [4.69, 9.17) is 0 Å². The number of rotatable bonds is 6. The summed E-state index contributed by atoms with van der Waals surface area (Å²) >= 11 is 0. The van der Waals surface area contributed by atoms with E-state index in [0.717, 1.165) is 11.4 Å². The molecular weight excluding hydrogens is 723 g/mol. The Hall–Kier alpha value is -7.22. The molecule has 10 rings (SSSR count). The average molecular weight is 774 g/mol. The standard InChI is InChI=1S/C35H27N.C13H14.C11H10/c1-26-14-16-28(17-15-26)30-20-24-33(25-21-30)36(35-13-7-11-31-10-5-6-12-34(31)35)32-22-18-29(19-23-32)27-8-3-2-4-9-27;1-11-7-9-13(10-8-11)12-5-3-2-4-6-12;1-9-5-4-7-10-6-2-3-8-11(9)10/h2-25H,1H3;3,5-10H,2,4H2,1H3;2-8H,1H3. The van der Waals surface area contributed by atoms with Crippen molar-refractivity contribution in [2.45, 2.75) is 33.6 Å². The molecule has 1 aliphatic rings. The summed E-state index contributed by atoms with van der Waals surface area (Å²) in [5.74, 6) is 0. The Kier molecular flexibility index (Phi) is 12.6. The number of aryl methyl sites for hydroxylation is 3. The third kappa shape index (κ3) is 9.55. The molecule has 0 aromatic heterocycles. The third-order valence-electron chi connectivity index (χ3n) is 11.1. The molecule has 0 aliphatic heterocycles. The molecule has 1 nitrogen and oxygen atoms in total. The summed E-state index contributed by atoms with van der Waals surface area (Å²) in [7, 11) is 0. The molecule has 1 aliphatic carbocycles. The first-order valence-electron chi connectivity index (χ1n) is 21.0. The van der Waals surface area contributed by atoms with Crippen LogP contribution in [0.25, 0.3) is 49.4 Å². The molecule has 0 atom stereocenters. The van der Waals surface area contributed by atoms with Crippen LogP contribution in [0.1, 0.15) is 35.1 Å². The van der Waals surface area contributed by atoms with Crippen LogP contribution < -0.4 is 4.90 Å². The van der Waals surface area contributed by atoms with Gasteiger partial charge in [0.2, 0.25) is 0 Å². The van der Waals surface area contributed by atoms with E-state index in [0.29, 0.717) is 0 Å². The van der Waals surface area contributed by atoms with Crippen molar-refractivity contribution in [1.82, 2.24) is 0 Å². The van der Waals surface area contributed by atoms with Crippen molar-refractivity contribution >= 4 is 44.2 Å². The molecule has 0 radical (unpaired) electrons. The highest BCUT2D eigenvalue weighted by Crippen LogP contribution is 2.40. The van der Waals surface area contributed by atoms with Gasteiger partial charge in [-0.25, -0.2) is 0 Å². The van der Waals surface area contributed by atoms with E-state index in [1.54, 1.807) is 0 Å². The van der Waals surface area contributed by atoms with Gasteiger partial charge in [-0.15, -0.1) is 0 Å². The number of hydrogen-bond acceptors (Lipinski definition) is 1. The Morgan fingerprint density at radius 3 is 1.35 bits per heavy atom. The Labute approximate surface area is 356 Å². The first-order valence-corrected chi connectivity index (χ1v) is 21.0. The van der Waals surface area contributed by atoms with Gasteiger partial charge < -0.3 is 4.90 Å². The Morgan fingerprint density at radius 2 is 0.800 bits per heavy atom. The minimum atomic E-state index is 1.13. The Balaban J connectivity index is 0.000000168. The molecule has 0 saturated heterocycles. The second kappa shape index (κ2) is 19.0. The van der Waals surface area contributed by atoms with E-state index >= 15 is 0 Å². The monoisotopic (exact) mass is 773 g/mol. The molecule has 292 valence electrons. The number of anilines is 3. The molecule has 0 heterocycles. The van der Waals surface area contributed by atoms with Crippen LogP contribution in [0.4, 0.5) is 17.1 Å². The maximum Gasteiger partial charge on any atom is 0.0540 e. The molecule has 0 N–H and O–H groups in total. The Bertz CT molecular complexity index is 2830. The minimum absolute atomic E-state index is 1.13. The van der Waals surface area contributed by atoms with Crippen LogP contribution in [-0.4, -0.2) is 0 Å². The fourth-order valence-electron chi connectivity index (χ4n) is 7.77. The van der Waals surface area contributed by atoms with E-state index in [1.807, 2.05) is 0 Å². The topological polar surface area (TPSA) is 3.24 Å². The number of nitrogens with zero attached hydrogens (tertiary/aromatic N) is 1. The van der Waals surface area contributed by atoms with Crippen LogP contribution in [0.3, 0.4) is 0 Å². The average Bonchev–Trinajstić information content (AvgIpc) is 3.31. The van der Waals surface area contributed by atoms with Crippen molar-refractivity contribution in [3.8, 4) is 22.3 Å². The highest BCUT2D eigenvalue weighted by atomic mass is 15.1. The van der Waals surface area contributed by atoms with Gasteiger partial charge in [0.25, 0.3) is 0 Å². The van der Waals surface area contributed by atoms with Gasteiger partial charge in [0, 0.05) is 16.8 Å². The summed E-state index contributed by atoms with van der Waals surface area (Å²) in [4.78, 5) is 2.36. The lowest BCUT2D eigenvalue weighted by molar-refractivity contribution is 1.04. The van der Waals surface area contributed by atoms with Crippen LogP contribution in [0, 0.1) is 20.8 Å². The van der Waals surface area contributed by atoms with Gasteiger partial charge in [0.15, 0.2) is 0 Å². The zero-order chi connectivity index (χ0) is 41.1. The zero-order valence-corrected chi connectivity index (χ0v) is 34.8. The van der Waals surface area contributed by atoms with E-state index in [-0.39, 0.29) is 0 Å². The second-order valence-corrected chi connectivity index (χ2v) is 15.5. The molecule has 0 fully saturated rings. The summed E-state index contributed by atoms with van der Waals surface area (Å²) in [5.41, 5.74) is 15.0. The van der Waals surface area contributed by atoms with Gasteiger partial charge in [-0.05, 0) is 119 Å². The SMILES string of the molecule is Cc1ccc(-c2ccc(N(c3ccc(-c4ccccc4)cc3)c3cccc4ccccc34)cc2)cc1.Cc1ccc(C2=CCCC=C2)cc1.Cc1cccc2ccccc12. The largest absolute Gasteiger partial charge is 0.310 e. The third-order valence-corrected chi connectivity index (χ3v) is 11.1. The van der Waals surface area contributed by atoms with Gasteiger partial charge >= 0.3 is 0 Å². The summed E-state index contributed by atoms with van der Waals surface area (Å²) in [6.45, 7) is 6.38. The Morgan fingerprint density at radius 1 is 0.350 bits per heavy atom. The molecule has 0 unspecified atom stereocenters. The van der Waals surface area contributed by atoms with Crippen molar-refractivity contribution in [2.75, 3.05) is 4.90 Å². The molecule has 9 aromatic rings. The van der Waals surface area contributed by atoms with Gasteiger partial charge in [-0.1, -0.05) is 211 Å². The normalized spacial score (nSPS) is 11.8. The van der Waals surface area contributed by atoms with Gasteiger partial charge in [-0.2, -0.15) is 0 Å². The van der Waals surface area contributed by atoms with E-state index < -0.39 is 0 Å². The van der Waals surface area contributed by atoms with E-state index in [1.165, 1.54) is 90.2 Å². The molecule has 0 bridgehead atoms. The van der Waals surface area contributed by atoms with Gasteiger partial charge in [-0.3, -0.25) is 0 Å². The highest BCUT2D eigenvalue weighted by molar-refractivity contribution is 5.99. The molecular formula is C59H51N. The van der Waals surface area contributed by atoms with Crippen LogP contribution in [0.2, 0.25) is 0 Å². The summed E-state index contributed by atoms with van der Waals surface area (Å²) in [6.07, 6.45) is 9.14. The number of fused-ring (bicyclic) bond motifs is 2. The first kappa shape index (κ1) is 39.6. The molecule has 9 aromatic carbocycles. The number of allylic oxidation sites excluding steroid dienone is 4. The molecule has 0 spiro atoms. The molecule has 0 amide bonds. The van der Waals surface area contributed by atoms with Crippen molar-refractivity contribution in [1.29, 1.82) is 0 Å². The summed E-state index contributed by atoms with van der Waals surface area (Å²) in [5, 5.41) is 5.15. The lowest BCUT2D eigenvalue weighted by atomic mass is 9.99.